The standard InChI is InChI=1S/C17H24N2OS.ClH/c1-11(21-14-5-3-2-4-6-14)10-19-17(20)15-12-7-8-13(9-12)16(15)18;/h2-6,11-13,15-16H,7-10,18H2,1H3,(H,19,20);1H. The molecule has 2 fully saturated rings. The largest absolute Gasteiger partial charge is 0.355 e. The maximum Gasteiger partial charge on any atom is 0.225 e. The number of nitrogens with two attached hydrogens (primary N) is 1. The van der Waals surface area contributed by atoms with Gasteiger partial charge in [0.1, 0.15) is 0 Å². The molecule has 5 heteroatoms. The predicted molar refractivity (Wildman–Crippen MR) is 94.3 cm³/mol. The van der Waals surface area contributed by atoms with Crippen LogP contribution in [0.4, 0.5) is 0 Å². The number of halogens is 1. The first kappa shape index (κ1) is 17.6. The second-order valence-electron chi connectivity index (χ2n) is 6.42. The van der Waals surface area contributed by atoms with Crippen molar-refractivity contribution >= 4 is 30.1 Å². The van der Waals surface area contributed by atoms with Crippen LogP contribution in [0.15, 0.2) is 35.2 Å². The molecular formula is C17H25ClN2OS. The summed E-state index contributed by atoms with van der Waals surface area (Å²) in [5, 5.41) is 3.49. The lowest BCUT2D eigenvalue weighted by molar-refractivity contribution is -0.127. The van der Waals surface area contributed by atoms with Crippen LogP contribution < -0.4 is 11.1 Å². The summed E-state index contributed by atoms with van der Waals surface area (Å²) in [6.45, 7) is 2.86. The van der Waals surface area contributed by atoms with Crippen molar-refractivity contribution in [2.75, 3.05) is 6.54 Å². The lowest BCUT2D eigenvalue weighted by Gasteiger charge is -2.27. The highest BCUT2D eigenvalue weighted by molar-refractivity contribution is 8.00. The summed E-state index contributed by atoms with van der Waals surface area (Å²) in [6.07, 6.45) is 3.56. The van der Waals surface area contributed by atoms with E-state index in [1.165, 1.54) is 17.7 Å². The van der Waals surface area contributed by atoms with Crippen molar-refractivity contribution in [1.82, 2.24) is 5.32 Å². The second kappa shape index (κ2) is 7.71. The summed E-state index contributed by atoms with van der Waals surface area (Å²) in [5.41, 5.74) is 6.23. The number of thioether (sulfide) groups is 1. The van der Waals surface area contributed by atoms with Gasteiger partial charge in [-0.05, 0) is 43.2 Å². The molecule has 2 saturated carbocycles. The monoisotopic (exact) mass is 340 g/mol. The molecule has 2 aliphatic carbocycles. The van der Waals surface area contributed by atoms with E-state index < -0.39 is 0 Å². The Balaban J connectivity index is 0.00000176. The summed E-state index contributed by atoms with van der Waals surface area (Å²) in [5.74, 6) is 1.34. The van der Waals surface area contributed by atoms with Crippen LogP contribution in [-0.2, 0) is 4.79 Å². The number of amides is 1. The first-order valence-corrected chi connectivity index (χ1v) is 8.78. The molecule has 3 rings (SSSR count). The molecule has 0 aliphatic heterocycles. The van der Waals surface area contributed by atoms with E-state index >= 15 is 0 Å². The highest BCUT2D eigenvalue weighted by Gasteiger charge is 2.48. The Labute approximate surface area is 143 Å². The third-order valence-corrected chi connectivity index (χ3v) is 6.04. The molecule has 22 heavy (non-hydrogen) atoms. The van der Waals surface area contributed by atoms with Crippen LogP contribution in [0, 0.1) is 17.8 Å². The van der Waals surface area contributed by atoms with Crippen molar-refractivity contribution in [3.05, 3.63) is 30.3 Å². The van der Waals surface area contributed by atoms with Gasteiger partial charge in [0, 0.05) is 22.7 Å². The quantitative estimate of drug-likeness (QED) is 0.810. The van der Waals surface area contributed by atoms with E-state index in [0.29, 0.717) is 23.6 Å². The van der Waals surface area contributed by atoms with Crippen LogP contribution in [0.2, 0.25) is 0 Å². The molecule has 2 bridgehead atoms. The van der Waals surface area contributed by atoms with E-state index in [4.69, 9.17) is 5.73 Å². The first-order chi connectivity index (χ1) is 10.1. The average Bonchev–Trinajstić information content (AvgIpc) is 3.07. The lowest BCUT2D eigenvalue weighted by atomic mass is 9.84. The fourth-order valence-electron chi connectivity index (χ4n) is 3.86. The molecule has 0 saturated heterocycles. The zero-order valence-electron chi connectivity index (χ0n) is 12.9. The Morgan fingerprint density at radius 1 is 1.32 bits per heavy atom. The maximum absolute atomic E-state index is 12.4. The van der Waals surface area contributed by atoms with Crippen LogP contribution in [0.25, 0.3) is 0 Å². The van der Waals surface area contributed by atoms with Gasteiger partial charge in [-0.25, -0.2) is 0 Å². The van der Waals surface area contributed by atoms with E-state index in [1.807, 2.05) is 18.2 Å². The zero-order valence-corrected chi connectivity index (χ0v) is 14.5. The molecule has 1 aromatic carbocycles. The zero-order chi connectivity index (χ0) is 14.8. The maximum atomic E-state index is 12.4. The summed E-state index contributed by atoms with van der Waals surface area (Å²) in [4.78, 5) is 13.6. The minimum absolute atomic E-state index is 0. The van der Waals surface area contributed by atoms with E-state index in [1.54, 1.807) is 11.8 Å². The Bertz CT molecular complexity index is 497. The number of hydrogen-bond donors (Lipinski definition) is 2. The van der Waals surface area contributed by atoms with Gasteiger partial charge in [-0.2, -0.15) is 0 Å². The molecule has 0 spiro atoms. The molecular weight excluding hydrogens is 316 g/mol. The second-order valence-corrected chi connectivity index (χ2v) is 7.93. The van der Waals surface area contributed by atoms with Crippen LogP contribution in [0.5, 0.6) is 0 Å². The molecule has 3 nitrogen and oxygen atoms in total. The van der Waals surface area contributed by atoms with Crippen molar-refractivity contribution in [2.24, 2.45) is 23.5 Å². The first-order valence-electron chi connectivity index (χ1n) is 7.90. The lowest BCUT2D eigenvalue weighted by Crippen LogP contribution is -2.46. The molecule has 1 aromatic rings. The van der Waals surface area contributed by atoms with E-state index in [-0.39, 0.29) is 30.3 Å². The van der Waals surface area contributed by atoms with Crippen LogP contribution >= 0.6 is 24.2 Å². The van der Waals surface area contributed by atoms with E-state index in [9.17, 15) is 4.79 Å². The molecule has 5 atom stereocenters. The molecule has 122 valence electrons. The molecule has 1 amide bonds. The highest BCUT2D eigenvalue weighted by atomic mass is 35.5. The minimum atomic E-state index is 0. The van der Waals surface area contributed by atoms with Crippen molar-refractivity contribution in [1.29, 1.82) is 0 Å². The van der Waals surface area contributed by atoms with Crippen LogP contribution in [-0.4, -0.2) is 23.7 Å². The number of fused-ring (bicyclic) bond motifs is 2. The average molecular weight is 341 g/mol. The Morgan fingerprint density at radius 2 is 2.00 bits per heavy atom. The third-order valence-electron chi connectivity index (χ3n) is 4.93. The van der Waals surface area contributed by atoms with Gasteiger partial charge in [-0.15, -0.1) is 24.2 Å². The summed E-state index contributed by atoms with van der Waals surface area (Å²) >= 11 is 1.80. The van der Waals surface area contributed by atoms with Crippen LogP contribution in [0.3, 0.4) is 0 Å². The van der Waals surface area contributed by atoms with Gasteiger partial charge in [0.25, 0.3) is 0 Å². The number of carbonyl (C=O) groups is 1. The Morgan fingerprint density at radius 3 is 2.64 bits per heavy atom. The van der Waals surface area contributed by atoms with E-state index in [2.05, 4.69) is 24.4 Å². The number of rotatable bonds is 5. The van der Waals surface area contributed by atoms with Crippen molar-refractivity contribution in [3.8, 4) is 0 Å². The van der Waals surface area contributed by atoms with Crippen LogP contribution in [0.1, 0.15) is 26.2 Å². The van der Waals surface area contributed by atoms with Gasteiger partial charge in [0.15, 0.2) is 0 Å². The van der Waals surface area contributed by atoms with Crippen molar-refractivity contribution in [3.63, 3.8) is 0 Å². The Kier molecular flexibility index (Phi) is 6.18. The summed E-state index contributed by atoms with van der Waals surface area (Å²) in [6, 6.07) is 10.4. The number of hydrogen-bond acceptors (Lipinski definition) is 3. The SMILES string of the molecule is CC(CNC(=O)C1C2CCC(C2)C1N)Sc1ccccc1.Cl. The fourth-order valence-corrected chi connectivity index (χ4v) is 4.81. The molecule has 0 radical (unpaired) electrons. The van der Waals surface area contributed by atoms with Gasteiger partial charge in [0.2, 0.25) is 5.91 Å². The Hall–Kier alpha value is -0.710. The molecule has 5 unspecified atom stereocenters. The number of carbonyl (C=O) groups excluding carboxylic acids is 1. The van der Waals surface area contributed by atoms with Crippen molar-refractivity contribution in [2.45, 2.75) is 42.4 Å². The minimum Gasteiger partial charge on any atom is -0.355 e. The molecule has 0 heterocycles. The normalized spacial score (nSPS) is 30.6. The van der Waals surface area contributed by atoms with Gasteiger partial charge in [-0.1, -0.05) is 25.1 Å². The van der Waals surface area contributed by atoms with Gasteiger partial charge < -0.3 is 11.1 Å². The molecule has 2 aliphatic rings. The van der Waals surface area contributed by atoms with Gasteiger partial charge in [-0.3, -0.25) is 4.79 Å². The van der Waals surface area contributed by atoms with Crippen molar-refractivity contribution < 1.29 is 4.79 Å². The predicted octanol–water partition coefficient (Wildman–Crippen LogP) is 3.08. The topological polar surface area (TPSA) is 55.1 Å². The summed E-state index contributed by atoms with van der Waals surface area (Å²) < 4.78 is 0. The highest BCUT2D eigenvalue weighted by Crippen LogP contribution is 2.47. The van der Waals surface area contributed by atoms with Gasteiger partial charge >= 0.3 is 0 Å². The van der Waals surface area contributed by atoms with E-state index in [0.717, 1.165) is 6.42 Å². The fraction of sp³-hybridized carbons (Fsp3) is 0.588. The number of benzene rings is 1. The van der Waals surface area contributed by atoms with Gasteiger partial charge in [0.05, 0.1) is 5.92 Å². The molecule has 3 N–H and O–H groups in total. The summed E-state index contributed by atoms with van der Waals surface area (Å²) in [7, 11) is 0. The smallest absolute Gasteiger partial charge is 0.225 e. The number of nitrogens with one attached hydrogen (secondary N) is 1. The third kappa shape index (κ3) is 3.79. The molecule has 0 aromatic heterocycles.